The van der Waals surface area contributed by atoms with E-state index in [1.165, 1.54) is 19.3 Å². The Kier molecular flexibility index (Phi) is 3.26. The number of nitrogens with one attached hydrogen (secondary N) is 2. The average molecular weight is 279 g/mol. The zero-order chi connectivity index (χ0) is 14.0. The number of hydrogen-bond donors (Lipinski definition) is 3. The van der Waals surface area contributed by atoms with E-state index in [1.54, 1.807) is 24.3 Å². The standard InChI is InChI=1S/C11H13N5O2S/c1-16(19(17,18)10-6-7-14-15-10)9-4-2-8(3-5-9)11(12)13/h2-7H,1H3,(H3,12,13)(H,14,15). The van der Waals surface area contributed by atoms with Crippen molar-refractivity contribution in [1.29, 1.82) is 5.41 Å². The number of rotatable bonds is 4. The Morgan fingerprint density at radius 3 is 2.42 bits per heavy atom. The Hall–Kier alpha value is -2.35. The van der Waals surface area contributed by atoms with E-state index in [0.29, 0.717) is 11.3 Å². The van der Waals surface area contributed by atoms with Crippen LogP contribution in [0.5, 0.6) is 0 Å². The molecule has 0 amide bonds. The summed E-state index contributed by atoms with van der Waals surface area (Å²) >= 11 is 0. The van der Waals surface area contributed by atoms with Gasteiger partial charge in [0.1, 0.15) is 5.84 Å². The molecule has 0 saturated heterocycles. The molecule has 2 rings (SSSR count). The first-order valence-electron chi connectivity index (χ1n) is 5.35. The van der Waals surface area contributed by atoms with Gasteiger partial charge in [-0.05, 0) is 30.3 Å². The minimum atomic E-state index is -3.65. The molecular weight excluding hydrogens is 266 g/mol. The maximum atomic E-state index is 12.2. The van der Waals surface area contributed by atoms with Gasteiger partial charge in [-0.3, -0.25) is 14.8 Å². The number of amidine groups is 1. The third kappa shape index (κ3) is 2.43. The summed E-state index contributed by atoms with van der Waals surface area (Å²) in [6.07, 6.45) is 1.37. The van der Waals surface area contributed by atoms with E-state index in [0.717, 1.165) is 4.31 Å². The highest BCUT2D eigenvalue weighted by molar-refractivity contribution is 7.92. The highest BCUT2D eigenvalue weighted by atomic mass is 32.2. The molecule has 0 unspecified atom stereocenters. The third-order valence-electron chi connectivity index (χ3n) is 2.66. The van der Waals surface area contributed by atoms with Crippen LogP contribution in [0.2, 0.25) is 0 Å². The Bertz CT molecular complexity index is 676. The summed E-state index contributed by atoms with van der Waals surface area (Å²) in [7, 11) is -2.21. The molecule has 0 saturated carbocycles. The average Bonchev–Trinajstić information content (AvgIpc) is 2.92. The first-order chi connectivity index (χ1) is 8.93. The molecule has 8 heteroatoms. The van der Waals surface area contributed by atoms with Gasteiger partial charge in [0.2, 0.25) is 0 Å². The number of benzene rings is 1. The number of aromatic nitrogens is 2. The molecule has 4 N–H and O–H groups in total. The lowest BCUT2D eigenvalue weighted by atomic mass is 10.2. The largest absolute Gasteiger partial charge is 0.384 e. The molecule has 0 aliphatic heterocycles. The molecule has 100 valence electrons. The van der Waals surface area contributed by atoms with Gasteiger partial charge in [0.15, 0.2) is 5.03 Å². The van der Waals surface area contributed by atoms with Crippen molar-refractivity contribution in [1.82, 2.24) is 10.2 Å². The van der Waals surface area contributed by atoms with Gasteiger partial charge in [-0.25, -0.2) is 0 Å². The topological polar surface area (TPSA) is 116 Å². The van der Waals surface area contributed by atoms with Crippen molar-refractivity contribution in [2.24, 2.45) is 5.73 Å². The summed E-state index contributed by atoms with van der Waals surface area (Å²) in [6.45, 7) is 0. The minimum absolute atomic E-state index is 0.0191. The fourth-order valence-corrected chi connectivity index (χ4v) is 2.62. The second kappa shape index (κ2) is 4.73. The zero-order valence-electron chi connectivity index (χ0n) is 10.2. The van der Waals surface area contributed by atoms with Gasteiger partial charge in [-0.2, -0.15) is 13.5 Å². The molecule has 2 aromatic rings. The second-order valence-corrected chi connectivity index (χ2v) is 5.79. The van der Waals surface area contributed by atoms with Crippen LogP contribution in [0, 0.1) is 5.41 Å². The number of sulfonamides is 1. The van der Waals surface area contributed by atoms with Gasteiger partial charge in [0.05, 0.1) is 11.9 Å². The highest BCUT2D eigenvalue weighted by Gasteiger charge is 2.22. The number of anilines is 1. The maximum absolute atomic E-state index is 12.2. The Labute approximate surface area is 110 Å². The van der Waals surface area contributed by atoms with E-state index in [1.807, 2.05) is 0 Å². The van der Waals surface area contributed by atoms with Crippen LogP contribution in [-0.2, 0) is 10.0 Å². The summed E-state index contributed by atoms with van der Waals surface area (Å²) in [6, 6.07) is 7.75. The molecule has 0 fully saturated rings. The lowest BCUT2D eigenvalue weighted by Gasteiger charge is -2.18. The zero-order valence-corrected chi connectivity index (χ0v) is 11.0. The van der Waals surface area contributed by atoms with Crippen LogP contribution in [0.15, 0.2) is 41.6 Å². The Morgan fingerprint density at radius 2 is 1.95 bits per heavy atom. The van der Waals surface area contributed by atoms with Crippen molar-refractivity contribution in [2.45, 2.75) is 5.03 Å². The highest BCUT2D eigenvalue weighted by Crippen LogP contribution is 2.20. The van der Waals surface area contributed by atoms with Crippen LogP contribution in [-0.4, -0.2) is 31.5 Å². The van der Waals surface area contributed by atoms with Crippen LogP contribution < -0.4 is 10.0 Å². The van der Waals surface area contributed by atoms with Gasteiger partial charge in [0.25, 0.3) is 10.0 Å². The summed E-state index contributed by atoms with van der Waals surface area (Å²) in [5.74, 6) is -0.0642. The molecule has 0 bridgehead atoms. The number of hydrogen-bond acceptors (Lipinski definition) is 4. The molecule has 0 aliphatic rings. The van der Waals surface area contributed by atoms with Crippen molar-refractivity contribution >= 4 is 21.5 Å². The molecule has 0 aliphatic carbocycles. The lowest BCUT2D eigenvalue weighted by molar-refractivity contribution is 0.590. The van der Waals surface area contributed by atoms with Crippen LogP contribution in [0.4, 0.5) is 5.69 Å². The lowest BCUT2D eigenvalue weighted by Crippen LogP contribution is -2.27. The number of nitrogens with zero attached hydrogens (tertiary/aromatic N) is 2. The summed E-state index contributed by atoms with van der Waals surface area (Å²) < 4.78 is 25.5. The molecule has 0 atom stereocenters. The molecule has 0 radical (unpaired) electrons. The Balaban J connectivity index is 2.34. The van der Waals surface area contributed by atoms with E-state index >= 15 is 0 Å². The minimum Gasteiger partial charge on any atom is -0.384 e. The molecule has 19 heavy (non-hydrogen) atoms. The van der Waals surface area contributed by atoms with E-state index in [2.05, 4.69) is 10.2 Å². The molecule has 1 heterocycles. The van der Waals surface area contributed by atoms with Crippen LogP contribution in [0.3, 0.4) is 0 Å². The monoisotopic (exact) mass is 279 g/mol. The van der Waals surface area contributed by atoms with Crippen molar-refractivity contribution in [3.63, 3.8) is 0 Å². The fourth-order valence-electron chi connectivity index (χ4n) is 1.52. The van der Waals surface area contributed by atoms with E-state index in [4.69, 9.17) is 11.1 Å². The van der Waals surface area contributed by atoms with Gasteiger partial charge in [-0.1, -0.05) is 0 Å². The normalized spacial score (nSPS) is 11.2. The molecular formula is C11H13N5O2S. The quantitative estimate of drug-likeness (QED) is 0.558. The summed E-state index contributed by atoms with van der Waals surface area (Å²) in [5.41, 5.74) is 6.35. The van der Waals surface area contributed by atoms with Crippen molar-refractivity contribution in [2.75, 3.05) is 11.4 Å². The number of nitrogens with two attached hydrogens (primary N) is 1. The Morgan fingerprint density at radius 1 is 1.32 bits per heavy atom. The second-order valence-electron chi connectivity index (χ2n) is 3.85. The first-order valence-corrected chi connectivity index (χ1v) is 6.79. The molecule has 0 spiro atoms. The smallest absolute Gasteiger partial charge is 0.281 e. The van der Waals surface area contributed by atoms with Gasteiger partial charge < -0.3 is 5.73 Å². The summed E-state index contributed by atoms with van der Waals surface area (Å²) in [5, 5.41) is 13.4. The predicted molar refractivity (Wildman–Crippen MR) is 71.6 cm³/mol. The molecule has 7 nitrogen and oxygen atoms in total. The van der Waals surface area contributed by atoms with E-state index in [-0.39, 0.29) is 10.9 Å². The van der Waals surface area contributed by atoms with Gasteiger partial charge >= 0.3 is 0 Å². The molecule has 1 aromatic heterocycles. The van der Waals surface area contributed by atoms with Crippen molar-refractivity contribution < 1.29 is 8.42 Å². The third-order valence-corrected chi connectivity index (χ3v) is 4.37. The van der Waals surface area contributed by atoms with Crippen LogP contribution in [0.1, 0.15) is 5.56 Å². The molecule has 1 aromatic carbocycles. The van der Waals surface area contributed by atoms with E-state index < -0.39 is 10.0 Å². The SMILES string of the molecule is CN(c1ccc(C(=N)N)cc1)S(=O)(=O)c1ccn[nH]1. The fraction of sp³-hybridized carbons (Fsp3) is 0.0909. The van der Waals surface area contributed by atoms with Crippen molar-refractivity contribution in [3.8, 4) is 0 Å². The van der Waals surface area contributed by atoms with Crippen LogP contribution in [0.25, 0.3) is 0 Å². The maximum Gasteiger partial charge on any atom is 0.281 e. The van der Waals surface area contributed by atoms with Gasteiger partial charge in [0, 0.05) is 12.6 Å². The van der Waals surface area contributed by atoms with E-state index in [9.17, 15) is 8.42 Å². The van der Waals surface area contributed by atoms with Crippen molar-refractivity contribution in [3.05, 3.63) is 42.1 Å². The number of nitrogen functional groups attached to an aromatic ring is 1. The first kappa shape index (κ1) is 13.1. The predicted octanol–water partition coefficient (Wildman–Crippen LogP) is 0.519. The van der Waals surface area contributed by atoms with Gasteiger partial charge in [-0.15, -0.1) is 0 Å². The van der Waals surface area contributed by atoms with Crippen LogP contribution >= 0.6 is 0 Å². The summed E-state index contributed by atoms with van der Waals surface area (Å²) in [4.78, 5) is 0. The number of aromatic amines is 1. The number of H-pyrrole nitrogens is 1.